The van der Waals surface area contributed by atoms with Crippen LogP contribution in [-0.2, 0) is 20.4 Å². The van der Waals surface area contributed by atoms with Crippen molar-refractivity contribution in [3.05, 3.63) is 35.4 Å². The van der Waals surface area contributed by atoms with E-state index in [4.69, 9.17) is 15.2 Å². The molecule has 1 aromatic carbocycles. The predicted molar refractivity (Wildman–Crippen MR) is 76.6 cm³/mol. The van der Waals surface area contributed by atoms with Crippen LogP contribution in [0, 0.1) is 0 Å². The van der Waals surface area contributed by atoms with E-state index >= 15 is 0 Å². The summed E-state index contributed by atoms with van der Waals surface area (Å²) < 4.78 is 48.8. The second-order valence-electron chi connectivity index (χ2n) is 5.33. The first kappa shape index (κ1) is 17.7. The number of alkyl halides is 3. The molecule has 128 valence electrons. The lowest BCUT2D eigenvalue weighted by molar-refractivity contribution is -0.142. The molecule has 2 N–H and O–H groups in total. The number of benzene rings is 1. The van der Waals surface area contributed by atoms with Crippen LogP contribution in [0.2, 0.25) is 0 Å². The molecule has 0 aromatic heterocycles. The van der Waals surface area contributed by atoms with Gasteiger partial charge in [-0.05, 0) is 17.7 Å². The van der Waals surface area contributed by atoms with E-state index in [1.807, 2.05) is 0 Å². The Kier molecular flexibility index (Phi) is 5.61. The molecule has 2 unspecified atom stereocenters. The molecule has 1 heterocycles. The SMILES string of the molecule is COCC(N)C(=O)N1CCOC(c2cccc(C(F)(F)F)c2)C1. The molecule has 8 heteroatoms. The zero-order valence-corrected chi connectivity index (χ0v) is 12.7. The summed E-state index contributed by atoms with van der Waals surface area (Å²) >= 11 is 0. The van der Waals surface area contributed by atoms with Crippen LogP contribution in [-0.4, -0.2) is 50.3 Å². The van der Waals surface area contributed by atoms with Gasteiger partial charge in [0.25, 0.3) is 0 Å². The molecule has 1 amide bonds. The fraction of sp³-hybridized carbons (Fsp3) is 0.533. The number of hydrogen-bond acceptors (Lipinski definition) is 4. The molecule has 1 fully saturated rings. The molecule has 0 bridgehead atoms. The van der Waals surface area contributed by atoms with Crippen molar-refractivity contribution in [3.63, 3.8) is 0 Å². The number of amides is 1. The first-order valence-electron chi connectivity index (χ1n) is 7.15. The molecule has 23 heavy (non-hydrogen) atoms. The van der Waals surface area contributed by atoms with Gasteiger partial charge in [-0.15, -0.1) is 0 Å². The predicted octanol–water partition coefficient (Wildman–Crippen LogP) is 1.58. The fourth-order valence-electron chi connectivity index (χ4n) is 2.45. The third kappa shape index (κ3) is 4.43. The zero-order valence-electron chi connectivity index (χ0n) is 12.7. The van der Waals surface area contributed by atoms with Crippen molar-refractivity contribution in [2.75, 3.05) is 33.4 Å². The second-order valence-corrected chi connectivity index (χ2v) is 5.33. The number of hydrogen-bond donors (Lipinski definition) is 1. The summed E-state index contributed by atoms with van der Waals surface area (Å²) in [4.78, 5) is 13.7. The quantitative estimate of drug-likeness (QED) is 0.909. The summed E-state index contributed by atoms with van der Waals surface area (Å²) in [6.07, 6.45) is -5.02. The van der Waals surface area contributed by atoms with Gasteiger partial charge in [0.05, 0.1) is 25.3 Å². The number of carbonyl (C=O) groups is 1. The van der Waals surface area contributed by atoms with E-state index in [0.29, 0.717) is 12.1 Å². The molecular formula is C15H19F3N2O3. The Labute approximate surface area is 132 Å². The van der Waals surface area contributed by atoms with Crippen LogP contribution >= 0.6 is 0 Å². The Morgan fingerprint density at radius 1 is 1.52 bits per heavy atom. The summed E-state index contributed by atoms with van der Waals surface area (Å²) in [5, 5.41) is 0. The fourth-order valence-corrected chi connectivity index (χ4v) is 2.45. The number of carbonyl (C=O) groups excluding carboxylic acids is 1. The lowest BCUT2D eigenvalue weighted by Crippen LogP contribution is -2.50. The summed E-state index contributed by atoms with van der Waals surface area (Å²) in [6.45, 7) is 0.847. The van der Waals surface area contributed by atoms with Crippen molar-refractivity contribution in [3.8, 4) is 0 Å². The Morgan fingerprint density at radius 2 is 2.26 bits per heavy atom. The van der Waals surface area contributed by atoms with Gasteiger partial charge in [-0.1, -0.05) is 12.1 Å². The molecular weight excluding hydrogens is 313 g/mol. The van der Waals surface area contributed by atoms with Crippen molar-refractivity contribution >= 4 is 5.91 Å². The van der Waals surface area contributed by atoms with Gasteiger partial charge in [0.2, 0.25) is 5.91 Å². The zero-order chi connectivity index (χ0) is 17.0. The molecule has 1 aliphatic heterocycles. The molecule has 0 radical (unpaired) electrons. The van der Waals surface area contributed by atoms with Crippen LogP contribution in [0.25, 0.3) is 0 Å². The Balaban J connectivity index is 2.11. The lowest BCUT2D eigenvalue weighted by atomic mass is 10.0. The Bertz CT molecular complexity index is 551. The van der Waals surface area contributed by atoms with Crippen molar-refractivity contribution in [2.24, 2.45) is 5.73 Å². The first-order valence-corrected chi connectivity index (χ1v) is 7.15. The van der Waals surface area contributed by atoms with Gasteiger partial charge in [-0.2, -0.15) is 13.2 Å². The highest BCUT2D eigenvalue weighted by atomic mass is 19.4. The number of methoxy groups -OCH3 is 1. The Hall–Kier alpha value is -1.64. The van der Waals surface area contributed by atoms with Crippen LogP contribution in [0.4, 0.5) is 13.2 Å². The number of rotatable bonds is 4. The van der Waals surface area contributed by atoms with E-state index in [-0.39, 0.29) is 25.7 Å². The van der Waals surface area contributed by atoms with Gasteiger partial charge in [-0.3, -0.25) is 4.79 Å². The van der Waals surface area contributed by atoms with Crippen LogP contribution in [0.5, 0.6) is 0 Å². The van der Waals surface area contributed by atoms with Gasteiger partial charge in [0, 0.05) is 13.7 Å². The van der Waals surface area contributed by atoms with Gasteiger partial charge in [0.15, 0.2) is 0 Å². The van der Waals surface area contributed by atoms with Crippen molar-refractivity contribution in [2.45, 2.75) is 18.3 Å². The van der Waals surface area contributed by atoms with Crippen molar-refractivity contribution < 1.29 is 27.4 Å². The van der Waals surface area contributed by atoms with E-state index in [2.05, 4.69) is 0 Å². The minimum absolute atomic E-state index is 0.0877. The monoisotopic (exact) mass is 332 g/mol. The van der Waals surface area contributed by atoms with E-state index in [1.54, 1.807) is 6.07 Å². The second kappa shape index (κ2) is 7.29. The summed E-state index contributed by atoms with van der Waals surface area (Å²) in [7, 11) is 1.44. The minimum atomic E-state index is -4.42. The van der Waals surface area contributed by atoms with Crippen molar-refractivity contribution in [1.82, 2.24) is 4.90 Å². The summed E-state index contributed by atoms with van der Waals surface area (Å²) in [6, 6.07) is 4.15. The summed E-state index contributed by atoms with van der Waals surface area (Å²) in [5.41, 5.74) is 5.37. The smallest absolute Gasteiger partial charge is 0.383 e. The van der Waals surface area contributed by atoms with Crippen LogP contribution in [0.3, 0.4) is 0 Å². The third-order valence-electron chi connectivity index (χ3n) is 3.63. The maximum absolute atomic E-state index is 12.8. The van der Waals surface area contributed by atoms with E-state index in [0.717, 1.165) is 12.1 Å². The molecule has 1 saturated heterocycles. The molecule has 5 nitrogen and oxygen atoms in total. The molecule has 0 aliphatic carbocycles. The highest BCUT2D eigenvalue weighted by molar-refractivity contribution is 5.82. The number of halogens is 3. The first-order chi connectivity index (χ1) is 10.8. The van der Waals surface area contributed by atoms with Crippen LogP contribution < -0.4 is 5.73 Å². The van der Waals surface area contributed by atoms with Gasteiger partial charge < -0.3 is 20.1 Å². The van der Waals surface area contributed by atoms with E-state index < -0.39 is 23.9 Å². The highest BCUT2D eigenvalue weighted by Crippen LogP contribution is 2.32. The average molecular weight is 332 g/mol. The number of nitrogens with two attached hydrogens (primary N) is 1. The molecule has 1 aliphatic rings. The normalized spacial score (nSPS) is 20.4. The standard InChI is InChI=1S/C15H19F3N2O3/c1-22-9-12(19)14(21)20-5-6-23-13(8-20)10-3-2-4-11(7-10)15(16,17)18/h2-4,7,12-13H,5-6,8-9,19H2,1H3. The number of ether oxygens (including phenoxy) is 2. The van der Waals surface area contributed by atoms with Crippen molar-refractivity contribution in [1.29, 1.82) is 0 Å². The number of nitrogens with zero attached hydrogens (tertiary/aromatic N) is 1. The third-order valence-corrected chi connectivity index (χ3v) is 3.63. The topological polar surface area (TPSA) is 64.8 Å². The van der Waals surface area contributed by atoms with Gasteiger partial charge in [-0.25, -0.2) is 0 Å². The Morgan fingerprint density at radius 3 is 2.91 bits per heavy atom. The van der Waals surface area contributed by atoms with Gasteiger partial charge in [0.1, 0.15) is 12.1 Å². The lowest BCUT2D eigenvalue weighted by Gasteiger charge is -2.34. The van der Waals surface area contributed by atoms with E-state index in [1.165, 1.54) is 18.1 Å². The maximum Gasteiger partial charge on any atom is 0.416 e. The highest BCUT2D eigenvalue weighted by Gasteiger charge is 2.33. The number of morpholine rings is 1. The summed E-state index contributed by atoms with van der Waals surface area (Å²) in [5.74, 6) is -0.299. The van der Waals surface area contributed by atoms with Crippen LogP contribution in [0.1, 0.15) is 17.2 Å². The molecule has 1 aromatic rings. The largest absolute Gasteiger partial charge is 0.416 e. The molecule has 2 rings (SSSR count). The van der Waals surface area contributed by atoms with E-state index in [9.17, 15) is 18.0 Å². The molecule has 0 spiro atoms. The minimum Gasteiger partial charge on any atom is -0.383 e. The molecule has 2 atom stereocenters. The molecule has 0 saturated carbocycles. The average Bonchev–Trinajstić information content (AvgIpc) is 2.54. The maximum atomic E-state index is 12.8. The van der Waals surface area contributed by atoms with Crippen LogP contribution in [0.15, 0.2) is 24.3 Å². The van der Waals surface area contributed by atoms with Gasteiger partial charge >= 0.3 is 6.18 Å².